The molecule has 0 unspecified atom stereocenters. The van der Waals surface area contributed by atoms with Gasteiger partial charge >= 0.3 is 0 Å². The van der Waals surface area contributed by atoms with Crippen molar-refractivity contribution in [1.29, 1.82) is 0 Å². The van der Waals surface area contributed by atoms with Crippen LogP contribution < -0.4 is 0 Å². The molecular formula is C20H16FN5O. The Morgan fingerprint density at radius 2 is 1.78 bits per heavy atom. The number of aryl methyl sites for hydroxylation is 3. The lowest BCUT2D eigenvalue weighted by molar-refractivity contribution is 0.430. The Balaban J connectivity index is 1.81. The molecule has 0 aliphatic carbocycles. The van der Waals surface area contributed by atoms with E-state index in [0.717, 1.165) is 11.3 Å². The zero-order chi connectivity index (χ0) is 19.0. The van der Waals surface area contributed by atoms with Gasteiger partial charge < -0.3 is 4.52 Å². The zero-order valence-corrected chi connectivity index (χ0v) is 15.1. The third-order valence-electron chi connectivity index (χ3n) is 4.22. The predicted octanol–water partition coefficient (Wildman–Crippen LogP) is 4.32. The molecule has 0 radical (unpaired) electrons. The van der Waals surface area contributed by atoms with E-state index in [0.29, 0.717) is 22.5 Å². The maximum Gasteiger partial charge on any atom is 0.276 e. The first-order valence-electron chi connectivity index (χ1n) is 8.39. The van der Waals surface area contributed by atoms with E-state index in [2.05, 4.69) is 25.1 Å². The van der Waals surface area contributed by atoms with Gasteiger partial charge in [-0.2, -0.15) is 4.98 Å². The number of rotatable bonds is 3. The lowest BCUT2D eigenvalue weighted by atomic mass is 10.0. The van der Waals surface area contributed by atoms with Crippen LogP contribution in [0.3, 0.4) is 0 Å². The summed E-state index contributed by atoms with van der Waals surface area (Å²) >= 11 is 0. The first kappa shape index (κ1) is 17.0. The summed E-state index contributed by atoms with van der Waals surface area (Å²) in [5, 5.41) is 3.99. The third-order valence-corrected chi connectivity index (χ3v) is 4.22. The second-order valence-electron chi connectivity index (χ2n) is 6.23. The topological polar surface area (TPSA) is 77.6 Å². The molecule has 0 saturated carbocycles. The molecule has 0 N–H and O–H groups in total. The number of hydrogen-bond acceptors (Lipinski definition) is 6. The lowest BCUT2D eigenvalue weighted by Gasteiger charge is -2.09. The minimum atomic E-state index is -0.390. The fraction of sp³-hybridized carbons (Fsp3) is 0.150. The molecule has 134 valence electrons. The van der Waals surface area contributed by atoms with Crippen LogP contribution in [-0.4, -0.2) is 25.1 Å². The molecule has 0 saturated heterocycles. The van der Waals surface area contributed by atoms with Gasteiger partial charge in [0.05, 0.1) is 5.69 Å². The van der Waals surface area contributed by atoms with E-state index in [4.69, 9.17) is 4.52 Å². The van der Waals surface area contributed by atoms with E-state index in [1.807, 2.05) is 32.0 Å². The SMILES string of the molecule is Cc1cccc(-c2nc(-c3cc(-c4cnccc4C)c(F)c(C)n3)no2)n1. The Kier molecular flexibility index (Phi) is 4.19. The van der Waals surface area contributed by atoms with Crippen LogP contribution in [0.4, 0.5) is 4.39 Å². The molecule has 0 bridgehead atoms. The van der Waals surface area contributed by atoms with Crippen molar-refractivity contribution in [2.24, 2.45) is 0 Å². The monoisotopic (exact) mass is 361 g/mol. The van der Waals surface area contributed by atoms with Gasteiger partial charge in [-0.3, -0.25) is 4.98 Å². The number of hydrogen-bond donors (Lipinski definition) is 0. The van der Waals surface area contributed by atoms with E-state index in [1.165, 1.54) is 0 Å². The molecule has 0 spiro atoms. The van der Waals surface area contributed by atoms with Crippen LogP contribution >= 0.6 is 0 Å². The lowest BCUT2D eigenvalue weighted by Crippen LogP contribution is -1.98. The molecular weight excluding hydrogens is 345 g/mol. The zero-order valence-electron chi connectivity index (χ0n) is 15.1. The van der Waals surface area contributed by atoms with Crippen molar-refractivity contribution in [1.82, 2.24) is 25.1 Å². The highest BCUT2D eigenvalue weighted by Crippen LogP contribution is 2.30. The maximum absolute atomic E-state index is 14.7. The molecule has 6 nitrogen and oxygen atoms in total. The minimum Gasteiger partial charge on any atom is -0.332 e. The summed E-state index contributed by atoms with van der Waals surface area (Å²) in [4.78, 5) is 17.1. The van der Waals surface area contributed by atoms with E-state index < -0.39 is 0 Å². The van der Waals surface area contributed by atoms with Gasteiger partial charge in [0, 0.05) is 29.2 Å². The van der Waals surface area contributed by atoms with Gasteiger partial charge in [-0.25, -0.2) is 14.4 Å². The summed E-state index contributed by atoms with van der Waals surface area (Å²) in [7, 11) is 0. The maximum atomic E-state index is 14.7. The molecule has 0 amide bonds. The smallest absolute Gasteiger partial charge is 0.276 e. The highest BCUT2D eigenvalue weighted by atomic mass is 19.1. The summed E-state index contributed by atoms with van der Waals surface area (Å²) in [6.07, 6.45) is 3.31. The second kappa shape index (κ2) is 6.68. The molecule has 4 aromatic rings. The molecule has 0 fully saturated rings. The van der Waals surface area contributed by atoms with Gasteiger partial charge in [-0.15, -0.1) is 0 Å². The fourth-order valence-corrected chi connectivity index (χ4v) is 2.81. The summed E-state index contributed by atoms with van der Waals surface area (Å²) < 4.78 is 20.0. The van der Waals surface area contributed by atoms with Crippen molar-refractivity contribution in [3.63, 3.8) is 0 Å². The van der Waals surface area contributed by atoms with E-state index in [1.54, 1.807) is 31.5 Å². The van der Waals surface area contributed by atoms with Crippen molar-refractivity contribution in [2.45, 2.75) is 20.8 Å². The molecule has 4 aromatic heterocycles. The Morgan fingerprint density at radius 3 is 2.56 bits per heavy atom. The largest absolute Gasteiger partial charge is 0.332 e. The summed E-state index contributed by atoms with van der Waals surface area (Å²) in [6.45, 7) is 5.40. The molecule has 0 aliphatic heterocycles. The Bertz CT molecular complexity index is 1140. The average Bonchev–Trinajstić information content (AvgIpc) is 3.15. The van der Waals surface area contributed by atoms with Gasteiger partial charge in [-0.1, -0.05) is 11.2 Å². The van der Waals surface area contributed by atoms with E-state index in [9.17, 15) is 4.39 Å². The Hall–Kier alpha value is -3.48. The Labute approximate surface area is 155 Å². The van der Waals surface area contributed by atoms with Crippen LogP contribution in [0.5, 0.6) is 0 Å². The highest BCUT2D eigenvalue weighted by Gasteiger charge is 2.18. The Morgan fingerprint density at radius 1 is 0.926 bits per heavy atom. The van der Waals surface area contributed by atoms with Crippen molar-refractivity contribution in [2.75, 3.05) is 0 Å². The number of nitrogens with zero attached hydrogens (tertiary/aromatic N) is 5. The van der Waals surface area contributed by atoms with Gasteiger partial charge in [0.1, 0.15) is 11.4 Å². The molecule has 4 rings (SSSR count). The molecule has 0 atom stereocenters. The molecule has 4 heterocycles. The normalized spacial score (nSPS) is 11.0. The van der Waals surface area contributed by atoms with Gasteiger partial charge in [0.15, 0.2) is 5.82 Å². The average molecular weight is 361 g/mol. The number of aromatic nitrogens is 5. The van der Waals surface area contributed by atoms with Gasteiger partial charge in [0.25, 0.3) is 5.89 Å². The van der Waals surface area contributed by atoms with Crippen LogP contribution in [0.1, 0.15) is 17.0 Å². The number of pyridine rings is 3. The highest BCUT2D eigenvalue weighted by molar-refractivity contribution is 5.71. The first-order valence-corrected chi connectivity index (χ1v) is 8.39. The van der Waals surface area contributed by atoms with Crippen LogP contribution in [0.25, 0.3) is 34.2 Å². The first-order chi connectivity index (χ1) is 13.0. The van der Waals surface area contributed by atoms with Crippen LogP contribution in [0, 0.1) is 26.6 Å². The predicted molar refractivity (Wildman–Crippen MR) is 98.2 cm³/mol. The number of halogens is 1. The molecule has 7 heteroatoms. The third kappa shape index (κ3) is 3.19. The van der Waals surface area contributed by atoms with Crippen LogP contribution in [0.15, 0.2) is 47.2 Å². The molecule has 0 aromatic carbocycles. The quantitative estimate of drug-likeness (QED) is 0.541. The molecule has 27 heavy (non-hydrogen) atoms. The van der Waals surface area contributed by atoms with E-state index >= 15 is 0 Å². The van der Waals surface area contributed by atoms with Crippen molar-refractivity contribution in [3.05, 3.63) is 65.5 Å². The van der Waals surface area contributed by atoms with Crippen LogP contribution in [0.2, 0.25) is 0 Å². The van der Waals surface area contributed by atoms with Crippen molar-refractivity contribution < 1.29 is 8.91 Å². The molecule has 0 aliphatic rings. The summed E-state index contributed by atoms with van der Waals surface area (Å²) in [6, 6.07) is 8.99. The van der Waals surface area contributed by atoms with Gasteiger partial charge in [-0.05, 0) is 50.6 Å². The standard InChI is InChI=1S/C20H16FN5O/c1-11-7-8-22-10-15(11)14-9-17(24-13(3)18(14)21)19-25-20(27-26-19)16-6-4-5-12(2)23-16/h4-10H,1-3H3. The fourth-order valence-electron chi connectivity index (χ4n) is 2.81. The van der Waals surface area contributed by atoms with Gasteiger partial charge in [0.2, 0.25) is 5.82 Å². The summed E-state index contributed by atoms with van der Waals surface area (Å²) in [5.41, 5.74) is 4.13. The minimum absolute atomic E-state index is 0.255. The second-order valence-corrected chi connectivity index (χ2v) is 6.23. The summed E-state index contributed by atoms with van der Waals surface area (Å²) in [5.74, 6) is 0.176. The van der Waals surface area contributed by atoms with E-state index in [-0.39, 0.29) is 23.2 Å². The van der Waals surface area contributed by atoms with Crippen LogP contribution in [-0.2, 0) is 0 Å². The van der Waals surface area contributed by atoms with Crippen molar-refractivity contribution in [3.8, 4) is 34.2 Å². The van der Waals surface area contributed by atoms with Crippen molar-refractivity contribution >= 4 is 0 Å².